The van der Waals surface area contributed by atoms with E-state index in [0.29, 0.717) is 23.1 Å². The van der Waals surface area contributed by atoms with Crippen LogP contribution in [0.15, 0.2) is 203 Å². The van der Waals surface area contributed by atoms with Crippen molar-refractivity contribution in [1.82, 2.24) is 19.5 Å². The Balaban J connectivity index is 1.06. The first-order valence-corrected chi connectivity index (χ1v) is 20.4. The molecule has 0 fully saturated rings. The monoisotopic (exact) mass is 780 g/mol. The fraction of sp³-hybridized carbons (Fsp3) is 0. The minimum atomic E-state index is 0.513. The highest BCUT2D eigenvalue weighted by Gasteiger charge is 2.23. The summed E-state index contributed by atoms with van der Waals surface area (Å²) in [5, 5.41) is 8.70. The van der Waals surface area contributed by atoms with E-state index in [2.05, 4.69) is 162 Å². The summed E-state index contributed by atoms with van der Waals surface area (Å²) in [7, 11) is 0. The summed E-state index contributed by atoms with van der Waals surface area (Å²) >= 11 is 0. The fourth-order valence-electron chi connectivity index (χ4n) is 9.29. The van der Waals surface area contributed by atoms with Crippen molar-refractivity contribution in [2.75, 3.05) is 0 Å². The molecule has 6 heteroatoms. The lowest BCUT2D eigenvalue weighted by Gasteiger charge is -2.12. The Labute approximate surface area is 348 Å². The first-order chi connectivity index (χ1) is 30.2. The van der Waals surface area contributed by atoms with Crippen LogP contribution in [0.2, 0.25) is 0 Å². The Kier molecular flexibility index (Phi) is 7.21. The van der Waals surface area contributed by atoms with Crippen LogP contribution >= 0.6 is 0 Å². The Bertz CT molecular complexity index is 3900. The Morgan fingerprint density at radius 3 is 1.66 bits per heavy atom. The van der Waals surface area contributed by atoms with E-state index in [-0.39, 0.29) is 0 Å². The third-order valence-electron chi connectivity index (χ3n) is 12.1. The number of aromatic nitrogens is 4. The van der Waals surface area contributed by atoms with Crippen molar-refractivity contribution in [1.29, 1.82) is 0 Å². The topological polar surface area (TPSA) is 69.9 Å². The quantitative estimate of drug-likeness (QED) is 0.174. The van der Waals surface area contributed by atoms with Crippen LogP contribution in [-0.2, 0) is 0 Å². The molecule has 0 bridgehead atoms. The normalized spacial score (nSPS) is 11.9. The molecule has 0 radical (unpaired) electrons. The van der Waals surface area contributed by atoms with Gasteiger partial charge >= 0.3 is 0 Å². The minimum absolute atomic E-state index is 0.513. The number of furan rings is 2. The molecule has 0 N–H and O–H groups in total. The van der Waals surface area contributed by atoms with E-state index in [9.17, 15) is 0 Å². The molecule has 4 aromatic heterocycles. The number of hydrogen-bond acceptors (Lipinski definition) is 5. The van der Waals surface area contributed by atoms with Gasteiger partial charge in [-0.1, -0.05) is 152 Å². The zero-order chi connectivity index (χ0) is 40.0. The predicted molar refractivity (Wildman–Crippen MR) is 248 cm³/mol. The van der Waals surface area contributed by atoms with E-state index in [1.165, 1.54) is 10.8 Å². The smallest absolute Gasteiger partial charge is 0.167 e. The van der Waals surface area contributed by atoms with Crippen molar-refractivity contribution in [3.05, 3.63) is 194 Å². The number of para-hydroxylation sites is 7. The summed E-state index contributed by atoms with van der Waals surface area (Å²) in [5.74, 6) is 1.60. The molecule has 0 amide bonds. The molecule has 284 valence electrons. The largest absolute Gasteiger partial charge is 0.455 e. The Morgan fingerprint density at radius 1 is 0.344 bits per heavy atom. The maximum absolute atomic E-state index is 7.12. The van der Waals surface area contributed by atoms with Crippen molar-refractivity contribution in [3.8, 4) is 51.0 Å². The standard InChI is InChI=1S/C55H32N4O2/c1-2-16-36(17-3-1)59-47-28-8-6-18-37(47)39-20-10-21-40(49(39)59)42-23-11-24-43-44-25-13-27-46(52(44)61-50(42)43)55-57-53(35-31-30-33-14-4-5-15-34(33)32-35)56-54(58-55)45-26-12-22-41-38-19-7-9-29-48(38)60-51(41)45/h1-32H. The van der Waals surface area contributed by atoms with Gasteiger partial charge in [0.15, 0.2) is 17.5 Å². The zero-order valence-electron chi connectivity index (χ0n) is 32.6. The van der Waals surface area contributed by atoms with Gasteiger partial charge < -0.3 is 13.4 Å². The van der Waals surface area contributed by atoms with E-state index >= 15 is 0 Å². The van der Waals surface area contributed by atoms with Crippen LogP contribution < -0.4 is 0 Å². The van der Waals surface area contributed by atoms with E-state index < -0.39 is 0 Å². The summed E-state index contributed by atoms with van der Waals surface area (Å²) in [5.41, 5.74) is 11.0. The second kappa shape index (κ2) is 13.1. The molecule has 4 heterocycles. The molecule has 6 nitrogen and oxygen atoms in total. The van der Waals surface area contributed by atoms with Crippen LogP contribution in [0, 0.1) is 0 Å². The molecule has 0 aliphatic carbocycles. The molecule has 0 spiro atoms. The maximum Gasteiger partial charge on any atom is 0.167 e. The van der Waals surface area contributed by atoms with Gasteiger partial charge in [0, 0.05) is 54.7 Å². The Morgan fingerprint density at radius 2 is 0.885 bits per heavy atom. The molecule has 0 aliphatic rings. The Hall–Kier alpha value is -8.35. The summed E-state index contributed by atoms with van der Waals surface area (Å²) < 4.78 is 16.0. The van der Waals surface area contributed by atoms with Crippen LogP contribution in [-0.4, -0.2) is 19.5 Å². The minimum Gasteiger partial charge on any atom is -0.455 e. The molecule has 9 aromatic carbocycles. The number of benzene rings is 9. The van der Waals surface area contributed by atoms with E-state index in [1.807, 2.05) is 36.4 Å². The molecule has 0 aliphatic heterocycles. The van der Waals surface area contributed by atoms with Crippen LogP contribution in [0.25, 0.3) is 127 Å². The molecule has 61 heavy (non-hydrogen) atoms. The number of fused-ring (bicyclic) bond motifs is 10. The zero-order valence-corrected chi connectivity index (χ0v) is 32.6. The molecule has 13 rings (SSSR count). The van der Waals surface area contributed by atoms with Crippen LogP contribution in [0.5, 0.6) is 0 Å². The third-order valence-corrected chi connectivity index (χ3v) is 12.1. The van der Waals surface area contributed by atoms with Gasteiger partial charge in [-0.15, -0.1) is 0 Å². The average Bonchev–Trinajstić information content (AvgIpc) is 4.01. The van der Waals surface area contributed by atoms with Gasteiger partial charge in [-0.2, -0.15) is 0 Å². The van der Waals surface area contributed by atoms with E-state index in [4.69, 9.17) is 23.8 Å². The summed E-state index contributed by atoms with van der Waals surface area (Å²) in [6, 6.07) is 67.4. The summed E-state index contributed by atoms with van der Waals surface area (Å²) in [6.45, 7) is 0. The highest BCUT2D eigenvalue weighted by atomic mass is 16.3. The van der Waals surface area contributed by atoms with Crippen LogP contribution in [0.1, 0.15) is 0 Å². The lowest BCUT2D eigenvalue weighted by molar-refractivity contribution is 0.669. The van der Waals surface area contributed by atoms with E-state index in [1.54, 1.807) is 0 Å². The average molecular weight is 781 g/mol. The SMILES string of the molecule is c1ccc(-n2c3ccccc3c3cccc(-c4cccc5c4oc4c(-c6nc(-c7ccc8ccccc8c7)nc(-c7cccc8c7oc7ccccc78)n6)cccc45)c32)cc1. The van der Waals surface area contributed by atoms with Crippen molar-refractivity contribution in [2.45, 2.75) is 0 Å². The second-order valence-electron chi connectivity index (χ2n) is 15.5. The van der Waals surface area contributed by atoms with Gasteiger partial charge in [-0.25, -0.2) is 15.0 Å². The van der Waals surface area contributed by atoms with Gasteiger partial charge in [0.05, 0.1) is 22.2 Å². The van der Waals surface area contributed by atoms with Gasteiger partial charge in [-0.05, 0) is 53.2 Å². The highest BCUT2D eigenvalue weighted by Crippen LogP contribution is 2.44. The number of rotatable bonds is 5. The first kappa shape index (κ1) is 33.6. The van der Waals surface area contributed by atoms with Crippen molar-refractivity contribution in [3.63, 3.8) is 0 Å². The molecule has 0 unspecified atom stereocenters. The molecular weight excluding hydrogens is 749 g/mol. The van der Waals surface area contributed by atoms with Crippen molar-refractivity contribution in [2.24, 2.45) is 0 Å². The summed E-state index contributed by atoms with van der Waals surface area (Å²) in [6.07, 6.45) is 0. The van der Waals surface area contributed by atoms with Crippen molar-refractivity contribution >= 4 is 76.5 Å². The van der Waals surface area contributed by atoms with E-state index in [0.717, 1.165) is 93.6 Å². The van der Waals surface area contributed by atoms with Crippen molar-refractivity contribution < 1.29 is 8.83 Å². The molecule has 0 saturated heterocycles. The molecule has 0 saturated carbocycles. The lowest BCUT2D eigenvalue weighted by atomic mass is 9.99. The number of nitrogens with zero attached hydrogens (tertiary/aromatic N) is 4. The second-order valence-corrected chi connectivity index (χ2v) is 15.5. The maximum atomic E-state index is 7.12. The van der Waals surface area contributed by atoms with Gasteiger partial charge in [0.25, 0.3) is 0 Å². The third kappa shape index (κ3) is 5.12. The summed E-state index contributed by atoms with van der Waals surface area (Å²) in [4.78, 5) is 15.6. The number of hydrogen-bond donors (Lipinski definition) is 0. The van der Waals surface area contributed by atoms with Gasteiger partial charge in [0.2, 0.25) is 0 Å². The molecular formula is C55H32N4O2. The van der Waals surface area contributed by atoms with Gasteiger partial charge in [-0.3, -0.25) is 0 Å². The van der Waals surface area contributed by atoms with Crippen LogP contribution in [0.3, 0.4) is 0 Å². The van der Waals surface area contributed by atoms with Gasteiger partial charge in [0.1, 0.15) is 22.3 Å². The fourth-order valence-corrected chi connectivity index (χ4v) is 9.29. The van der Waals surface area contributed by atoms with Crippen LogP contribution in [0.4, 0.5) is 0 Å². The first-order valence-electron chi connectivity index (χ1n) is 20.4. The molecule has 13 aromatic rings. The highest BCUT2D eigenvalue weighted by molar-refractivity contribution is 6.18. The lowest BCUT2D eigenvalue weighted by Crippen LogP contribution is -2.00. The molecule has 0 atom stereocenters. The predicted octanol–water partition coefficient (Wildman–Crippen LogP) is 14.6.